The summed E-state index contributed by atoms with van der Waals surface area (Å²) in [5, 5.41) is 11.0. The van der Waals surface area contributed by atoms with Crippen LogP contribution in [0.15, 0.2) is 83.3 Å². The van der Waals surface area contributed by atoms with Crippen molar-refractivity contribution in [3.05, 3.63) is 122 Å². The molecule has 1 heterocycles. The number of nitrogens with zero attached hydrogens (tertiary/aromatic N) is 2. The number of hydrogen-bond acceptors (Lipinski definition) is 5. The third kappa shape index (κ3) is 5.24. The molecule has 3 aromatic carbocycles. The second-order valence-electron chi connectivity index (χ2n) is 10.4. The number of carbonyl (C=O) groups excluding carboxylic acids is 1. The van der Waals surface area contributed by atoms with Gasteiger partial charge in [-0.3, -0.25) is 9.69 Å². The highest BCUT2D eigenvalue weighted by Gasteiger charge is 2.41. The summed E-state index contributed by atoms with van der Waals surface area (Å²) in [5.74, 6) is 1.75. The molecule has 39 heavy (non-hydrogen) atoms. The van der Waals surface area contributed by atoms with Crippen LogP contribution in [0, 0.1) is 32.1 Å². The van der Waals surface area contributed by atoms with Crippen LogP contribution < -0.4 is 10.6 Å². The summed E-state index contributed by atoms with van der Waals surface area (Å²) in [5.41, 5.74) is 16.4. The van der Waals surface area contributed by atoms with E-state index in [0.29, 0.717) is 34.8 Å². The Morgan fingerprint density at radius 3 is 2.51 bits per heavy atom. The van der Waals surface area contributed by atoms with Crippen molar-refractivity contribution in [1.29, 1.82) is 5.26 Å². The summed E-state index contributed by atoms with van der Waals surface area (Å²) in [6.45, 7) is 6.19. The molecular weight excluding hydrogens is 522 g/mol. The highest BCUT2D eigenvalue weighted by atomic mass is 35.5. The lowest BCUT2D eigenvalue weighted by Crippen LogP contribution is -2.39. The van der Waals surface area contributed by atoms with Gasteiger partial charge in [0, 0.05) is 34.2 Å². The van der Waals surface area contributed by atoms with Crippen LogP contribution in [0.2, 0.25) is 5.02 Å². The van der Waals surface area contributed by atoms with Crippen molar-refractivity contribution in [3.8, 4) is 6.07 Å². The van der Waals surface area contributed by atoms with Crippen LogP contribution in [-0.4, -0.2) is 5.78 Å². The molecule has 0 amide bonds. The van der Waals surface area contributed by atoms with E-state index in [1.807, 2.05) is 47.9 Å². The van der Waals surface area contributed by atoms with Gasteiger partial charge in [0.05, 0.1) is 23.2 Å². The number of carbonyl (C=O) groups is 1. The second kappa shape index (κ2) is 11.3. The summed E-state index contributed by atoms with van der Waals surface area (Å²) in [6, 6.07) is 22.9. The fourth-order valence-electron chi connectivity index (χ4n) is 5.73. The largest absolute Gasteiger partial charge is 0.384 e. The van der Waals surface area contributed by atoms with Crippen LogP contribution in [0.3, 0.4) is 0 Å². The summed E-state index contributed by atoms with van der Waals surface area (Å²) in [7, 11) is 0. The van der Waals surface area contributed by atoms with E-state index >= 15 is 0 Å². The maximum atomic E-state index is 13.6. The molecule has 0 saturated carbocycles. The molecule has 6 heteroatoms. The van der Waals surface area contributed by atoms with Crippen molar-refractivity contribution in [2.75, 3.05) is 4.90 Å². The van der Waals surface area contributed by atoms with Crippen molar-refractivity contribution in [2.45, 2.75) is 57.5 Å². The minimum Gasteiger partial charge on any atom is -0.384 e. The van der Waals surface area contributed by atoms with Gasteiger partial charge in [-0.25, -0.2) is 0 Å². The molecule has 0 fully saturated rings. The molecule has 3 aromatic rings. The van der Waals surface area contributed by atoms with E-state index in [0.717, 1.165) is 46.0 Å². The standard InChI is InChI=1S/C33H32ClN3OS/c1-20-12-13-25(34)16-29(20)37-28-10-7-11-30(38)32(28)31(27(17-35)33(37)36)26-15-24(21(2)14-22(26)3)19-39-18-23-8-5-4-6-9-23/h4-6,8-9,12-16,31H,7,10-11,18-19,36H2,1-3H3. The Morgan fingerprint density at radius 1 is 1.00 bits per heavy atom. The maximum Gasteiger partial charge on any atom is 0.161 e. The van der Waals surface area contributed by atoms with Gasteiger partial charge in [-0.1, -0.05) is 60.1 Å². The summed E-state index contributed by atoms with van der Waals surface area (Å²) in [4.78, 5) is 15.5. The van der Waals surface area contributed by atoms with Crippen molar-refractivity contribution in [3.63, 3.8) is 0 Å². The Bertz CT molecular complexity index is 1550. The van der Waals surface area contributed by atoms with E-state index in [4.69, 9.17) is 17.3 Å². The van der Waals surface area contributed by atoms with Gasteiger partial charge in [0.15, 0.2) is 5.78 Å². The first-order valence-corrected chi connectivity index (χ1v) is 14.8. The van der Waals surface area contributed by atoms with Crippen molar-refractivity contribution < 1.29 is 4.79 Å². The zero-order valence-electron chi connectivity index (χ0n) is 22.6. The number of rotatable bonds is 6. The van der Waals surface area contributed by atoms with Gasteiger partial charge in [-0.05, 0) is 79.1 Å². The van der Waals surface area contributed by atoms with Crippen LogP contribution in [0.1, 0.15) is 58.6 Å². The van der Waals surface area contributed by atoms with Crippen LogP contribution in [0.4, 0.5) is 5.69 Å². The zero-order chi connectivity index (χ0) is 27.7. The van der Waals surface area contributed by atoms with Gasteiger partial charge in [0.2, 0.25) is 0 Å². The van der Waals surface area contributed by atoms with Gasteiger partial charge in [0.1, 0.15) is 5.82 Å². The summed E-state index contributed by atoms with van der Waals surface area (Å²) < 4.78 is 0. The monoisotopic (exact) mass is 553 g/mol. The van der Waals surface area contributed by atoms with Crippen LogP contribution >= 0.6 is 23.4 Å². The molecule has 0 aromatic heterocycles. The van der Waals surface area contributed by atoms with Gasteiger partial charge in [-0.15, -0.1) is 0 Å². The molecular formula is C33H32ClN3OS. The van der Waals surface area contributed by atoms with E-state index in [2.05, 4.69) is 56.3 Å². The molecule has 2 aliphatic rings. The average Bonchev–Trinajstić information content (AvgIpc) is 2.92. The van der Waals surface area contributed by atoms with E-state index in [-0.39, 0.29) is 5.78 Å². The normalized spacial score (nSPS) is 17.4. The lowest BCUT2D eigenvalue weighted by molar-refractivity contribution is -0.116. The smallest absolute Gasteiger partial charge is 0.161 e. The summed E-state index contributed by atoms with van der Waals surface area (Å²) in [6.07, 6.45) is 1.94. The number of nitrogens with two attached hydrogens (primary N) is 1. The fourth-order valence-corrected chi connectivity index (χ4v) is 6.96. The van der Waals surface area contributed by atoms with Crippen LogP contribution in [-0.2, 0) is 16.3 Å². The minimum atomic E-state index is -0.480. The van der Waals surface area contributed by atoms with Gasteiger partial charge < -0.3 is 5.73 Å². The Balaban J connectivity index is 1.60. The number of ketones is 1. The van der Waals surface area contributed by atoms with E-state index in [1.54, 1.807) is 0 Å². The quantitative estimate of drug-likeness (QED) is 0.335. The Morgan fingerprint density at radius 2 is 1.77 bits per heavy atom. The molecule has 1 aliphatic heterocycles. The molecule has 5 rings (SSSR count). The lowest BCUT2D eigenvalue weighted by Gasteiger charge is -2.40. The second-order valence-corrected chi connectivity index (χ2v) is 11.8. The Hall–Kier alpha value is -3.46. The number of Topliss-reactive ketones (excluding diaryl/α,β-unsaturated/α-hetero) is 1. The summed E-state index contributed by atoms with van der Waals surface area (Å²) >= 11 is 8.25. The molecule has 1 unspecified atom stereocenters. The average molecular weight is 554 g/mol. The zero-order valence-corrected chi connectivity index (χ0v) is 24.1. The maximum absolute atomic E-state index is 13.6. The molecule has 4 nitrogen and oxygen atoms in total. The predicted molar refractivity (Wildman–Crippen MR) is 161 cm³/mol. The fraction of sp³-hybridized carbons (Fsp3) is 0.273. The molecule has 1 aliphatic carbocycles. The lowest BCUT2D eigenvalue weighted by atomic mass is 9.74. The third-order valence-corrected chi connectivity index (χ3v) is 9.02. The van der Waals surface area contributed by atoms with Crippen LogP contribution in [0.25, 0.3) is 0 Å². The molecule has 198 valence electrons. The number of thioether (sulfide) groups is 1. The Labute approximate surface area is 240 Å². The van der Waals surface area contributed by atoms with Crippen molar-refractivity contribution in [1.82, 2.24) is 0 Å². The van der Waals surface area contributed by atoms with E-state index in [1.165, 1.54) is 16.7 Å². The first-order chi connectivity index (χ1) is 18.8. The molecule has 0 spiro atoms. The number of halogens is 1. The first-order valence-electron chi connectivity index (χ1n) is 13.2. The van der Waals surface area contributed by atoms with Gasteiger partial charge in [-0.2, -0.15) is 17.0 Å². The predicted octanol–water partition coefficient (Wildman–Crippen LogP) is 8.00. The number of anilines is 1. The topological polar surface area (TPSA) is 70.1 Å². The first kappa shape index (κ1) is 27.1. The van der Waals surface area contributed by atoms with Crippen LogP contribution in [0.5, 0.6) is 0 Å². The van der Waals surface area contributed by atoms with E-state index < -0.39 is 5.92 Å². The third-order valence-electron chi connectivity index (χ3n) is 7.73. The minimum absolute atomic E-state index is 0.0890. The molecule has 0 saturated heterocycles. The molecule has 0 bridgehead atoms. The van der Waals surface area contributed by atoms with Gasteiger partial charge >= 0.3 is 0 Å². The Kier molecular flexibility index (Phi) is 7.88. The van der Waals surface area contributed by atoms with E-state index in [9.17, 15) is 10.1 Å². The molecule has 1 atom stereocenters. The number of allylic oxidation sites excluding steroid dienone is 3. The highest BCUT2D eigenvalue weighted by Crippen LogP contribution is 2.48. The number of hydrogen-bond donors (Lipinski definition) is 1. The molecule has 0 radical (unpaired) electrons. The number of aryl methyl sites for hydroxylation is 3. The number of benzene rings is 3. The molecule has 2 N–H and O–H groups in total. The van der Waals surface area contributed by atoms with Crippen molar-refractivity contribution >= 4 is 34.8 Å². The van der Waals surface area contributed by atoms with Crippen molar-refractivity contribution in [2.24, 2.45) is 5.73 Å². The number of nitriles is 1. The SMILES string of the molecule is Cc1cc(C)c(C2C(C#N)=C(N)N(c3cc(Cl)ccc3C)C3=C2C(=O)CCC3)cc1CSCc1ccccc1. The highest BCUT2D eigenvalue weighted by molar-refractivity contribution is 7.97. The van der Waals surface area contributed by atoms with Gasteiger partial charge in [0.25, 0.3) is 0 Å².